The van der Waals surface area contributed by atoms with Crippen LogP contribution in [0.3, 0.4) is 0 Å². The third-order valence-corrected chi connectivity index (χ3v) is 4.94. The van der Waals surface area contributed by atoms with Crippen molar-refractivity contribution >= 4 is 24.8 Å². The molecule has 0 unspecified atom stereocenters. The summed E-state index contributed by atoms with van der Waals surface area (Å²) >= 11 is 0. The molecule has 8 nitrogen and oxygen atoms in total. The van der Waals surface area contributed by atoms with Crippen molar-refractivity contribution in [2.75, 3.05) is 13.1 Å². The van der Waals surface area contributed by atoms with E-state index >= 15 is 0 Å². The monoisotopic (exact) mass is 420 g/mol. The molecule has 0 saturated carbocycles. The van der Waals surface area contributed by atoms with Gasteiger partial charge in [0.05, 0.1) is 11.2 Å². The number of alkyl carbamates (subject to hydrolysis) is 2. The largest absolute Gasteiger partial charge is 0.494 e. The number of carbonyl (C=O) groups is 2. The SMILES string of the molecule is CC(C)(C)OC(=O)NCCNC(=O)OCc1ccc(B2OC(C)(C)C(C)(C)O2)cc1. The minimum atomic E-state index is -0.561. The number of amides is 2. The Morgan fingerprint density at radius 1 is 0.933 bits per heavy atom. The Kier molecular flexibility index (Phi) is 7.42. The molecule has 0 spiro atoms. The second kappa shape index (κ2) is 9.26. The molecule has 1 aliphatic rings. The number of carbonyl (C=O) groups excluding carboxylic acids is 2. The summed E-state index contributed by atoms with van der Waals surface area (Å²) in [5.74, 6) is 0. The summed E-state index contributed by atoms with van der Waals surface area (Å²) in [6.07, 6.45) is -1.09. The van der Waals surface area contributed by atoms with Gasteiger partial charge in [-0.25, -0.2) is 9.59 Å². The molecule has 0 bridgehead atoms. The lowest BCUT2D eigenvalue weighted by atomic mass is 9.79. The molecule has 166 valence electrons. The van der Waals surface area contributed by atoms with Crippen LogP contribution in [0.25, 0.3) is 0 Å². The van der Waals surface area contributed by atoms with Crippen LogP contribution in [0, 0.1) is 0 Å². The highest BCUT2D eigenvalue weighted by Crippen LogP contribution is 2.36. The van der Waals surface area contributed by atoms with Crippen LogP contribution in [0.5, 0.6) is 0 Å². The lowest BCUT2D eigenvalue weighted by molar-refractivity contribution is 0.00578. The molecule has 1 aliphatic heterocycles. The van der Waals surface area contributed by atoms with Crippen molar-refractivity contribution < 1.29 is 28.4 Å². The minimum absolute atomic E-state index is 0.134. The highest BCUT2D eigenvalue weighted by atomic mass is 16.7. The lowest BCUT2D eigenvalue weighted by Gasteiger charge is -2.32. The van der Waals surface area contributed by atoms with Gasteiger partial charge in [0, 0.05) is 13.1 Å². The molecule has 0 radical (unpaired) electrons. The van der Waals surface area contributed by atoms with Gasteiger partial charge in [0.25, 0.3) is 0 Å². The van der Waals surface area contributed by atoms with E-state index in [9.17, 15) is 9.59 Å². The van der Waals surface area contributed by atoms with Crippen LogP contribution in [0.15, 0.2) is 24.3 Å². The van der Waals surface area contributed by atoms with Crippen molar-refractivity contribution in [2.24, 2.45) is 0 Å². The van der Waals surface area contributed by atoms with Gasteiger partial charge in [-0.1, -0.05) is 24.3 Å². The lowest BCUT2D eigenvalue weighted by Crippen LogP contribution is -2.41. The van der Waals surface area contributed by atoms with Crippen molar-refractivity contribution in [1.82, 2.24) is 10.6 Å². The zero-order valence-electron chi connectivity index (χ0n) is 19.0. The summed E-state index contributed by atoms with van der Waals surface area (Å²) in [5, 5.41) is 5.13. The highest BCUT2D eigenvalue weighted by molar-refractivity contribution is 6.62. The van der Waals surface area contributed by atoms with Crippen LogP contribution < -0.4 is 16.1 Å². The zero-order valence-corrected chi connectivity index (χ0v) is 19.0. The minimum Gasteiger partial charge on any atom is -0.445 e. The Morgan fingerprint density at radius 3 is 1.93 bits per heavy atom. The Balaban J connectivity index is 1.70. The fraction of sp³-hybridized carbons (Fsp3) is 0.619. The van der Waals surface area contributed by atoms with Gasteiger partial charge in [-0.2, -0.15) is 0 Å². The van der Waals surface area contributed by atoms with E-state index in [1.165, 1.54) is 0 Å². The molecule has 1 heterocycles. The molecule has 2 rings (SSSR count). The normalized spacial score (nSPS) is 17.4. The van der Waals surface area contributed by atoms with Gasteiger partial charge in [-0.3, -0.25) is 0 Å². The van der Waals surface area contributed by atoms with Crippen molar-refractivity contribution in [2.45, 2.75) is 71.9 Å². The van der Waals surface area contributed by atoms with E-state index in [2.05, 4.69) is 10.6 Å². The molecule has 9 heteroatoms. The van der Waals surface area contributed by atoms with E-state index in [0.29, 0.717) is 0 Å². The molecule has 1 aromatic rings. The summed E-state index contributed by atoms with van der Waals surface area (Å²) < 4.78 is 22.4. The van der Waals surface area contributed by atoms with Crippen molar-refractivity contribution in [3.63, 3.8) is 0 Å². The summed E-state index contributed by atoms with van der Waals surface area (Å²) in [7, 11) is -0.425. The van der Waals surface area contributed by atoms with Crippen LogP contribution in [-0.2, 0) is 25.4 Å². The predicted molar refractivity (Wildman–Crippen MR) is 115 cm³/mol. The van der Waals surface area contributed by atoms with E-state index in [1.54, 1.807) is 20.8 Å². The first-order valence-corrected chi connectivity index (χ1v) is 10.1. The van der Waals surface area contributed by atoms with E-state index < -0.39 is 36.1 Å². The zero-order chi connectivity index (χ0) is 22.6. The first kappa shape index (κ1) is 24.0. The summed E-state index contributed by atoms with van der Waals surface area (Å²) in [5.41, 5.74) is 0.410. The maximum Gasteiger partial charge on any atom is 0.494 e. The van der Waals surface area contributed by atoms with Crippen LogP contribution in [0.4, 0.5) is 9.59 Å². The van der Waals surface area contributed by atoms with Crippen molar-refractivity contribution in [3.8, 4) is 0 Å². The van der Waals surface area contributed by atoms with Crippen molar-refractivity contribution in [1.29, 1.82) is 0 Å². The molecule has 2 N–H and O–H groups in total. The molecule has 2 amide bonds. The smallest absolute Gasteiger partial charge is 0.445 e. The predicted octanol–water partition coefficient (Wildman–Crippen LogP) is 2.74. The standard InChI is InChI=1S/C21H33BN2O6/c1-19(2,3)28-18(26)24-13-12-23-17(25)27-14-15-8-10-16(11-9-15)22-29-20(4,5)21(6,7)30-22/h8-11H,12-14H2,1-7H3,(H,23,25)(H,24,26). The number of rotatable bonds is 6. The highest BCUT2D eigenvalue weighted by Gasteiger charge is 2.51. The molecule has 1 aromatic carbocycles. The van der Waals surface area contributed by atoms with E-state index in [-0.39, 0.29) is 19.7 Å². The molecule has 0 aromatic heterocycles. The number of hydrogen-bond donors (Lipinski definition) is 2. The van der Waals surface area contributed by atoms with Crippen LogP contribution in [-0.4, -0.2) is 49.2 Å². The molecule has 0 aliphatic carbocycles. The van der Waals surface area contributed by atoms with Gasteiger partial charge >= 0.3 is 19.3 Å². The van der Waals surface area contributed by atoms with Crippen LogP contribution in [0.2, 0.25) is 0 Å². The van der Waals surface area contributed by atoms with Gasteiger partial charge in [-0.15, -0.1) is 0 Å². The molecule has 0 atom stereocenters. The number of nitrogens with one attached hydrogen (secondary N) is 2. The Morgan fingerprint density at radius 2 is 1.43 bits per heavy atom. The quantitative estimate of drug-likeness (QED) is 0.543. The van der Waals surface area contributed by atoms with Gasteiger partial charge in [0.2, 0.25) is 0 Å². The Bertz CT molecular complexity index is 727. The third-order valence-electron chi connectivity index (χ3n) is 4.94. The first-order chi connectivity index (χ1) is 13.8. The first-order valence-electron chi connectivity index (χ1n) is 10.1. The fourth-order valence-corrected chi connectivity index (χ4v) is 2.59. The van der Waals surface area contributed by atoms with E-state index in [4.69, 9.17) is 18.8 Å². The molecular weight excluding hydrogens is 387 g/mol. The fourth-order valence-electron chi connectivity index (χ4n) is 2.59. The number of benzene rings is 1. The van der Waals surface area contributed by atoms with E-state index in [0.717, 1.165) is 11.0 Å². The van der Waals surface area contributed by atoms with Gasteiger partial charge in [0.15, 0.2) is 0 Å². The van der Waals surface area contributed by atoms with Gasteiger partial charge in [-0.05, 0) is 59.5 Å². The summed E-state index contributed by atoms with van der Waals surface area (Å²) in [6.45, 7) is 14.0. The maximum absolute atomic E-state index is 11.8. The second-order valence-corrected chi connectivity index (χ2v) is 9.26. The second-order valence-electron chi connectivity index (χ2n) is 9.26. The topological polar surface area (TPSA) is 95.1 Å². The maximum atomic E-state index is 11.8. The van der Waals surface area contributed by atoms with Gasteiger partial charge in [0.1, 0.15) is 12.2 Å². The Labute approximate surface area is 179 Å². The average Bonchev–Trinajstić information content (AvgIpc) is 2.83. The summed E-state index contributed by atoms with van der Waals surface area (Å²) in [6, 6.07) is 7.56. The Hall–Kier alpha value is -2.26. The molecule has 1 fully saturated rings. The van der Waals surface area contributed by atoms with Crippen LogP contribution in [0.1, 0.15) is 54.0 Å². The molecular formula is C21H33BN2O6. The van der Waals surface area contributed by atoms with Gasteiger partial charge < -0.3 is 29.4 Å². The molecule has 30 heavy (non-hydrogen) atoms. The third kappa shape index (κ3) is 6.92. The number of ether oxygens (including phenoxy) is 2. The molecule has 1 saturated heterocycles. The summed E-state index contributed by atoms with van der Waals surface area (Å²) in [4.78, 5) is 23.3. The van der Waals surface area contributed by atoms with Crippen molar-refractivity contribution in [3.05, 3.63) is 29.8 Å². The number of hydrogen-bond acceptors (Lipinski definition) is 6. The van der Waals surface area contributed by atoms with Crippen LogP contribution >= 0.6 is 0 Å². The van der Waals surface area contributed by atoms with E-state index in [1.807, 2.05) is 52.0 Å². The average molecular weight is 420 g/mol.